The molecule has 1 heterocycles. The van der Waals surface area contributed by atoms with Gasteiger partial charge in [0.1, 0.15) is 6.61 Å². The summed E-state index contributed by atoms with van der Waals surface area (Å²) in [4.78, 5) is 11.6. The van der Waals surface area contributed by atoms with Crippen LogP contribution in [0.2, 0.25) is 0 Å². The van der Waals surface area contributed by atoms with Crippen LogP contribution in [0.25, 0.3) is 0 Å². The molecule has 1 saturated heterocycles. The van der Waals surface area contributed by atoms with E-state index in [2.05, 4.69) is 15.9 Å². The molecule has 7 nitrogen and oxygen atoms in total. The highest BCUT2D eigenvalue weighted by atomic mass is 79.9. The number of hydrogen-bond donors (Lipinski definition) is 1. The summed E-state index contributed by atoms with van der Waals surface area (Å²) in [6, 6.07) is 5.84. The fourth-order valence-corrected chi connectivity index (χ4v) is 3.74. The van der Waals surface area contributed by atoms with Crippen molar-refractivity contribution in [2.75, 3.05) is 19.8 Å². The van der Waals surface area contributed by atoms with Gasteiger partial charge in [0.15, 0.2) is 0 Å². The van der Waals surface area contributed by atoms with Gasteiger partial charge < -0.3 is 9.47 Å². The van der Waals surface area contributed by atoms with E-state index in [1.165, 1.54) is 18.2 Å². The molecule has 0 aliphatic carbocycles. The Labute approximate surface area is 142 Å². The van der Waals surface area contributed by atoms with Gasteiger partial charge in [-0.2, -0.15) is 5.26 Å². The van der Waals surface area contributed by atoms with E-state index in [1.54, 1.807) is 0 Å². The van der Waals surface area contributed by atoms with Crippen molar-refractivity contribution in [2.24, 2.45) is 0 Å². The predicted molar refractivity (Wildman–Crippen MR) is 84.0 cm³/mol. The number of nitrogens with one attached hydrogen (secondary N) is 1. The molecule has 1 aliphatic rings. The third-order valence-electron chi connectivity index (χ3n) is 3.13. The number of ether oxygens (including phenoxy) is 2. The van der Waals surface area contributed by atoms with Gasteiger partial charge in [-0.15, -0.1) is 0 Å². The molecular weight excluding hydrogens is 388 g/mol. The quantitative estimate of drug-likeness (QED) is 0.795. The molecule has 2 rings (SSSR count). The van der Waals surface area contributed by atoms with Crippen LogP contribution in [0.15, 0.2) is 27.6 Å². The molecule has 0 spiro atoms. The maximum atomic E-state index is 12.2. The van der Waals surface area contributed by atoms with E-state index in [0.29, 0.717) is 17.7 Å². The van der Waals surface area contributed by atoms with Crippen LogP contribution in [0, 0.1) is 11.3 Å². The Bertz CT molecular complexity index is 723. The lowest BCUT2D eigenvalue weighted by molar-refractivity contribution is -0.129. The Kier molecular flexibility index (Phi) is 6.12. The summed E-state index contributed by atoms with van der Waals surface area (Å²) in [6.45, 7) is 0.702. The maximum Gasteiger partial charge on any atom is 0.264 e. The minimum atomic E-state index is -4.06. The molecule has 23 heavy (non-hydrogen) atoms. The van der Waals surface area contributed by atoms with Crippen LogP contribution < -0.4 is 4.72 Å². The smallest absolute Gasteiger partial charge is 0.264 e. The van der Waals surface area contributed by atoms with Crippen LogP contribution in [0.4, 0.5) is 0 Å². The van der Waals surface area contributed by atoms with E-state index in [4.69, 9.17) is 14.7 Å². The number of amides is 1. The molecule has 1 amide bonds. The van der Waals surface area contributed by atoms with Gasteiger partial charge in [0.2, 0.25) is 0 Å². The molecule has 0 saturated carbocycles. The molecule has 9 heteroatoms. The second-order valence-electron chi connectivity index (χ2n) is 4.97. The Balaban J connectivity index is 1.98. The average Bonchev–Trinajstić information content (AvgIpc) is 2.53. The van der Waals surface area contributed by atoms with Crippen molar-refractivity contribution < 1.29 is 22.7 Å². The fraction of sp³-hybridized carbons (Fsp3) is 0.429. The summed E-state index contributed by atoms with van der Waals surface area (Å²) in [5, 5.41) is 8.88. The van der Waals surface area contributed by atoms with E-state index in [-0.39, 0.29) is 23.2 Å². The number of carbonyl (C=O) groups excluding carboxylic acids is 1. The minimum Gasteiger partial charge on any atom is -0.379 e. The highest BCUT2D eigenvalue weighted by molar-refractivity contribution is 9.10. The minimum absolute atomic E-state index is 0.169. The van der Waals surface area contributed by atoms with Crippen molar-refractivity contribution in [3.8, 4) is 6.07 Å². The molecule has 1 aromatic rings. The zero-order valence-corrected chi connectivity index (χ0v) is 14.5. The van der Waals surface area contributed by atoms with Gasteiger partial charge in [-0.05, 0) is 31.0 Å². The van der Waals surface area contributed by atoms with Crippen LogP contribution in [-0.4, -0.2) is 40.2 Å². The van der Waals surface area contributed by atoms with Gasteiger partial charge in [0.25, 0.3) is 15.9 Å². The Morgan fingerprint density at radius 1 is 1.48 bits per heavy atom. The monoisotopic (exact) mass is 402 g/mol. The van der Waals surface area contributed by atoms with Crippen molar-refractivity contribution in [1.29, 1.82) is 5.26 Å². The number of benzene rings is 1. The zero-order chi connectivity index (χ0) is 16.9. The lowest BCUT2D eigenvalue weighted by Gasteiger charge is -2.22. The standard InChI is InChI=1S/C14H15BrN2O5S/c15-11-4-10(7-16)5-13(6-11)23(19,20)17-14(18)9-22-12-2-1-3-21-8-12/h4-6,12H,1-3,8-9H2,(H,17,18). The molecule has 1 fully saturated rings. The Morgan fingerprint density at radius 3 is 2.91 bits per heavy atom. The zero-order valence-electron chi connectivity index (χ0n) is 12.1. The highest BCUT2D eigenvalue weighted by Gasteiger charge is 2.21. The summed E-state index contributed by atoms with van der Waals surface area (Å²) >= 11 is 3.13. The molecular formula is C14H15BrN2O5S. The first kappa shape index (κ1) is 17.9. The maximum absolute atomic E-state index is 12.2. The van der Waals surface area contributed by atoms with Gasteiger partial charge in [0.05, 0.1) is 29.2 Å². The molecule has 1 aliphatic heterocycles. The van der Waals surface area contributed by atoms with Gasteiger partial charge in [-0.1, -0.05) is 15.9 Å². The first-order valence-corrected chi connectivity index (χ1v) is 9.14. The Morgan fingerprint density at radius 2 is 2.26 bits per heavy atom. The number of sulfonamides is 1. The molecule has 0 bridgehead atoms. The summed E-state index contributed by atoms with van der Waals surface area (Å²) < 4.78 is 37.2. The fourth-order valence-electron chi connectivity index (χ4n) is 2.06. The second-order valence-corrected chi connectivity index (χ2v) is 7.56. The highest BCUT2D eigenvalue weighted by Crippen LogP contribution is 2.19. The third kappa shape index (κ3) is 5.28. The van der Waals surface area contributed by atoms with Gasteiger partial charge >= 0.3 is 0 Å². The van der Waals surface area contributed by atoms with E-state index in [0.717, 1.165) is 12.8 Å². The predicted octanol–water partition coefficient (Wildman–Crippen LogP) is 1.32. The van der Waals surface area contributed by atoms with E-state index in [1.807, 2.05) is 10.8 Å². The molecule has 1 aromatic carbocycles. The van der Waals surface area contributed by atoms with Crippen LogP contribution in [0.5, 0.6) is 0 Å². The summed E-state index contributed by atoms with van der Waals surface area (Å²) in [6.07, 6.45) is 1.42. The molecule has 1 unspecified atom stereocenters. The molecule has 124 valence electrons. The Hall–Kier alpha value is -1.47. The van der Waals surface area contributed by atoms with Crippen molar-refractivity contribution in [2.45, 2.75) is 23.8 Å². The van der Waals surface area contributed by atoms with Crippen LogP contribution in [-0.2, 0) is 24.3 Å². The number of carbonyl (C=O) groups is 1. The summed E-state index contributed by atoms with van der Waals surface area (Å²) in [5.41, 5.74) is 0.169. The number of halogens is 1. The first-order chi connectivity index (χ1) is 10.9. The molecule has 0 aromatic heterocycles. The topological polar surface area (TPSA) is 105 Å². The number of rotatable bonds is 5. The van der Waals surface area contributed by atoms with Crippen LogP contribution >= 0.6 is 15.9 Å². The van der Waals surface area contributed by atoms with Crippen molar-refractivity contribution in [3.63, 3.8) is 0 Å². The third-order valence-corrected chi connectivity index (χ3v) is 4.94. The van der Waals surface area contributed by atoms with Crippen molar-refractivity contribution in [1.82, 2.24) is 4.72 Å². The summed E-state index contributed by atoms with van der Waals surface area (Å²) in [5.74, 6) is -0.769. The van der Waals surface area contributed by atoms with Crippen LogP contribution in [0.1, 0.15) is 18.4 Å². The lowest BCUT2D eigenvalue weighted by Crippen LogP contribution is -2.36. The van der Waals surface area contributed by atoms with Gasteiger partial charge in [0, 0.05) is 11.1 Å². The molecule has 0 radical (unpaired) electrons. The second kappa shape index (κ2) is 7.88. The van der Waals surface area contributed by atoms with Crippen molar-refractivity contribution >= 4 is 31.9 Å². The van der Waals surface area contributed by atoms with E-state index in [9.17, 15) is 13.2 Å². The number of nitriles is 1. The molecule has 1 N–H and O–H groups in total. The van der Waals surface area contributed by atoms with Gasteiger partial charge in [-0.3, -0.25) is 4.79 Å². The van der Waals surface area contributed by atoms with E-state index >= 15 is 0 Å². The van der Waals surface area contributed by atoms with Gasteiger partial charge in [-0.25, -0.2) is 13.1 Å². The average molecular weight is 403 g/mol. The number of nitrogens with zero attached hydrogens (tertiary/aromatic N) is 1. The largest absolute Gasteiger partial charge is 0.379 e. The first-order valence-electron chi connectivity index (χ1n) is 6.86. The SMILES string of the molecule is N#Cc1cc(Br)cc(S(=O)(=O)NC(=O)COC2CCCOC2)c1. The van der Waals surface area contributed by atoms with E-state index < -0.39 is 15.9 Å². The van der Waals surface area contributed by atoms with Crippen LogP contribution in [0.3, 0.4) is 0 Å². The lowest BCUT2D eigenvalue weighted by atomic mass is 10.2. The normalized spacial score (nSPS) is 18.2. The number of hydrogen-bond acceptors (Lipinski definition) is 6. The summed E-state index contributed by atoms with van der Waals surface area (Å²) in [7, 11) is -4.06. The van der Waals surface area contributed by atoms with Crippen molar-refractivity contribution in [3.05, 3.63) is 28.2 Å². The molecule has 1 atom stereocenters.